The maximum atomic E-state index is 10.5. The van der Waals surface area contributed by atoms with E-state index in [0.717, 1.165) is 0 Å². The van der Waals surface area contributed by atoms with Crippen LogP contribution >= 0.6 is 0 Å². The molecule has 2 rings (SSSR count). The van der Waals surface area contributed by atoms with Crippen LogP contribution in [0.5, 0.6) is 0 Å². The minimum absolute atomic E-state index is 0.220. The third-order valence-electron chi connectivity index (χ3n) is 1.80. The first-order chi connectivity index (χ1) is 5.25. The lowest BCUT2D eigenvalue weighted by Crippen LogP contribution is -2.39. The van der Waals surface area contributed by atoms with E-state index in [1.807, 2.05) is 0 Å². The summed E-state index contributed by atoms with van der Waals surface area (Å²) in [6.45, 7) is 0.220. The third-order valence-corrected chi connectivity index (χ3v) is 1.80. The zero-order valence-electron chi connectivity index (χ0n) is 5.73. The molecule has 0 aliphatic carbocycles. The van der Waals surface area contributed by atoms with Crippen molar-refractivity contribution < 1.29 is 24.1 Å². The quantitative estimate of drug-likeness (QED) is 0.490. The van der Waals surface area contributed by atoms with Crippen LogP contribution in [0.4, 0.5) is 4.79 Å². The summed E-state index contributed by atoms with van der Waals surface area (Å²) in [4.78, 5) is 10.5. The van der Waals surface area contributed by atoms with Gasteiger partial charge in [0.05, 0.1) is 6.61 Å². The molecule has 0 radical (unpaired) electrons. The van der Waals surface area contributed by atoms with Crippen LogP contribution in [-0.4, -0.2) is 36.4 Å². The molecule has 0 aromatic heterocycles. The van der Waals surface area contributed by atoms with Crippen molar-refractivity contribution in [1.29, 1.82) is 0 Å². The molecule has 62 valence electrons. The largest absolute Gasteiger partial charge is 0.509 e. The highest BCUT2D eigenvalue weighted by atomic mass is 16.8. The van der Waals surface area contributed by atoms with Crippen molar-refractivity contribution in [3.8, 4) is 0 Å². The molecule has 0 saturated carbocycles. The van der Waals surface area contributed by atoms with E-state index in [4.69, 9.17) is 19.3 Å². The molecule has 0 bridgehead atoms. The molecule has 3 atom stereocenters. The fourth-order valence-electron chi connectivity index (χ4n) is 1.24. The van der Waals surface area contributed by atoms with Crippen molar-refractivity contribution in [3.63, 3.8) is 0 Å². The molecule has 2 fully saturated rings. The summed E-state index contributed by atoms with van der Waals surface area (Å²) in [5, 5.41) is 8.97. The summed E-state index contributed by atoms with van der Waals surface area (Å²) in [5.74, 6) is 0. The van der Waals surface area contributed by atoms with Gasteiger partial charge in [0.25, 0.3) is 0 Å². The van der Waals surface area contributed by atoms with Gasteiger partial charge >= 0.3 is 6.16 Å². The van der Waals surface area contributed by atoms with Gasteiger partial charge in [0.2, 0.25) is 0 Å². The van der Waals surface area contributed by atoms with Crippen molar-refractivity contribution in [2.45, 2.75) is 24.9 Å². The minimum atomic E-state index is -0.828. The molecule has 2 aliphatic rings. The highest BCUT2D eigenvalue weighted by Crippen LogP contribution is 2.24. The zero-order valence-corrected chi connectivity index (χ0v) is 5.73. The van der Waals surface area contributed by atoms with Gasteiger partial charge in [-0.2, -0.15) is 0 Å². The van der Waals surface area contributed by atoms with Crippen molar-refractivity contribution in [2.24, 2.45) is 0 Å². The SMILES string of the molecule is O=C1OC2COC(O)CC2O1. The fourth-order valence-corrected chi connectivity index (χ4v) is 1.24. The smallest absolute Gasteiger partial charge is 0.427 e. The molecule has 0 aromatic rings. The van der Waals surface area contributed by atoms with Crippen LogP contribution in [0.1, 0.15) is 6.42 Å². The van der Waals surface area contributed by atoms with Gasteiger partial charge < -0.3 is 19.3 Å². The lowest BCUT2D eigenvalue weighted by atomic mass is 10.1. The molecule has 0 aromatic carbocycles. The molecular weight excluding hydrogens is 152 g/mol. The third kappa shape index (κ3) is 1.17. The number of aliphatic hydroxyl groups is 1. The molecule has 11 heavy (non-hydrogen) atoms. The van der Waals surface area contributed by atoms with E-state index in [9.17, 15) is 4.79 Å². The van der Waals surface area contributed by atoms with E-state index in [0.29, 0.717) is 6.42 Å². The van der Waals surface area contributed by atoms with Crippen molar-refractivity contribution >= 4 is 6.16 Å². The Morgan fingerprint density at radius 1 is 1.36 bits per heavy atom. The van der Waals surface area contributed by atoms with Gasteiger partial charge in [-0.05, 0) is 0 Å². The average molecular weight is 160 g/mol. The Bertz CT molecular complexity index is 180. The normalized spacial score (nSPS) is 42.6. The summed E-state index contributed by atoms with van der Waals surface area (Å²) in [6.07, 6.45) is -1.85. The highest BCUT2D eigenvalue weighted by Gasteiger charge is 2.41. The Kier molecular flexibility index (Phi) is 1.47. The van der Waals surface area contributed by atoms with Crippen LogP contribution in [0.25, 0.3) is 0 Å². The maximum Gasteiger partial charge on any atom is 0.509 e. The van der Waals surface area contributed by atoms with E-state index < -0.39 is 12.4 Å². The average Bonchev–Trinajstić information content (AvgIpc) is 2.27. The number of rotatable bonds is 0. The molecule has 5 heteroatoms. The number of carbonyl (C=O) groups excluding carboxylic acids is 1. The number of ether oxygens (including phenoxy) is 3. The topological polar surface area (TPSA) is 65.0 Å². The van der Waals surface area contributed by atoms with Crippen LogP contribution in [0, 0.1) is 0 Å². The van der Waals surface area contributed by atoms with E-state index in [1.165, 1.54) is 0 Å². The van der Waals surface area contributed by atoms with Gasteiger partial charge in [-0.3, -0.25) is 0 Å². The lowest BCUT2D eigenvalue weighted by molar-refractivity contribution is -0.166. The first-order valence-electron chi connectivity index (χ1n) is 3.42. The second kappa shape index (κ2) is 2.35. The van der Waals surface area contributed by atoms with E-state index in [-0.39, 0.29) is 18.8 Å². The maximum absolute atomic E-state index is 10.5. The fraction of sp³-hybridized carbons (Fsp3) is 0.833. The Labute approximate surface area is 62.8 Å². The van der Waals surface area contributed by atoms with Gasteiger partial charge in [-0.1, -0.05) is 0 Å². The number of fused-ring (bicyclic) bond motifs is 1. The number of aliphatic hydroxyl groups excluding tert-OH is 1. The zero-order chi connectivity index (χ0) is 7.84. The first-order valence-corrected chi connectivity index (χ1v) is 3.42. The summed E-state index contributed by atoms with van der Waals surface area (Å²) >= 11 is 0. The van der Waals surface area contributed by atoms with Crippen molar-refractivity contribution in [3.05, 3.63) is 0 Å². The minimum Gasteiger partial charge on any atom is -0.427 e. The predicted molar refractivity (Wildman–Crippen MR) is 31.7 cm³/mol. The molecule has 5 nitrogen and oxygen atoms in total. The van der Waals surface area contributed by atoms with Crippen LogP contribution in [-0.2, 0) is 14.2 Å². The number of hydrogen-bond donors (Lipinski definition) is 1. The first kappa shape index (κ1) is 6.87. The Morgan fingerprint density at radius 2 is 2.09 bits per heavy atom. The molecule has 2 saturated heterocycles. The van der Waals surface area contributed by atoms with E-state index in [1.54, 1.807) is 0 Å². The molecule has 1 N–H and O–H groups in total. The van der Waals surface area contributed by atoms with Crippen LogP contribution < -0.4 is 0 Å². The molecule has 2 heterocycles. The van der Waals surface area contributed by atoms with E-state index >= 15 is 0 Å². The van der Waals surface area contributed by atoms with Gasteiger partial charge in [0, 0.05) is 6.42 Å². The van der Waals surface area contributed by atoms with Gasteiger partial charge in [0.1, 0.15) is 6.10 Å². The molecular formula is C6H8O5. The van der Waals surface area contributed by atoms with Crippen molar-refractivity contribution in [2.75, 3.05) is 6.61 Å². The monoisotopic (exact) mass is 160 g/mol. The standard InChI is InChI=1S/C6H8O5/c7-5-1-3-4(2-9-5)11-6(8)10-3/h3-5,7H,1-2H2. The van der Waals surface area contributed by atoms with Crippen molar-refractivity contribution in [1.82, 2.24) is 0 Å². The Hall–Kier alpha value is -0.810. The highest BCUT2D eigenvalue weighted by molar-refractivity contribution is 5.62. The Balaban J connectivity index is 2.02. The number of carbonyl (C=O) groups is 1. The van der Waals surface area contributed by atoms with Gasteiger partial charge in [0.15, 0.2) is 12.4 Å². The van der Waals surface area contributed by atoms with Gasteiger partial charge in [-0.25, -0.2) is 4.79 Å². The molecule has 3 unspecified atom stereocenters. The Morgan fingerprint density at radius 3 is 2.91 bits per heavy atom. The lowest BCUT2D eigenvalue weighted by Gasteiger charge is -2.24. The van der Waals surface area contributed by atoms with Crippen LogP contribution in [0.3, 0.4) is 0 Å². The molecule has 2 aliphatic heterocycles. The molecule has 0 amide bonds. The summed E-state index contributed by atoms with van der Waals surface area (Å²) in [7, 11) is 0. The summed E-state index contributed by atoms with van der Waals surface area (Å²) in [5.41, 5.74) is 0. The van der Waals surface area contributed by atoms with Gasteiger partial charge in [-0.15, -0.1) is 0 Å². The van der Waals surface area contributed by atoms with E-state index in [2.05, 4.69) is 0 Å². The summed E-state index contributed by atoms with van der Waals surface area (Å²) in [6, 6.07) is 0. The second-order valence-electron chi connectivity index (χ2n) is 2.59. The second-order valence-corrected chi connectivity index (χ2v) is 2.59. The summed E-state index contributed by atoms with van der Waals surface area (Å²) < 4.78 is 14.3. The van der Waals surface area contributed by atoms with Crippen LogP contribution in [0.2, 0.25) is 0 Å². The molecule has 0 spiro atoms. The van der Waals surface area contributed by atoms with Crippen LogP contribution in [0.15, 0.2) is 0 Å². The predicted octanol–water partition coefficient (Wildman–Crippen LogP) is -0.371. The number of hydrogen-bond acceptors (Lipinski definition) is 5.